The van der Waals surface area contributed by atoms with Crippen molar-refractivity contribution in [1.29, 1.82) is 0 Å². The third-order valence-corrected chi connectivity index (χ3v) is 3.91. The molecule has 0 aromatic heterocycles. The summed E-state index contributed by atoms with van der Waals surface area (Å²) in [6, 6.07) is 0. The Labute approximate surface area is 114 Å². The number of hydrogen-bond donors (Lipinski definition) is 1. The summed E-state index contributed by atoms with van der Waals surface area (Å²) in [5.74, 6) is -0.198. The molecular formula is C14H24N2O3. The van der Waals surface area contributed by atoms with Crippen molar-refractivity contribution >= 4 is 11.8 Å². The van der Waals surface area contributed by atoms with Gasteiger partial charge in [-0.2, -0.15) is 0 Å². The highest BCUT2D eigenvalue weighted by Gasteiger charge is 2.40. The van der Waals surface area contributed by atoms with Crippen molar-refractivity contribution in [2.45, 2.75) is 20.8 Å². The minimum Gasteiger partial charge on any atom is -0.396 e. The Bertz CT molecular complexity index is 366. The summed E-state index contributed by atoms with van der Waals surface area (Å²) in [7, 11) is 0. The molecule has 1 saturated heterocycles. The number of likely N-dealkylation sites (N-methyl/N-ethyl adjacent to an activating group) is 1. The molecule has 1 fully saturated rings. The smallest absolute Gasteiger partial charge is 0.246 e. The largest absolute Gasteiger partial charge is 0.396 e. The molecule has 0 aromatic rings. The number of carbonyl (C=O) groups excluding carboxylic acids is 2. The van der Waals surface area contributed by atoms with Crippen LogP contribution in [0.2, 0.25) is 0 Å². The van der Waals surface area contributed by atoms with E-state index in [1.54, 1.807) is 4.90 Å². The maximum absolute atomic E-state index is 12.2. The fraction of sp³-hybridized carbons (Fsp3) is 0.714. The molecule has 0 spiro atoms. The molecule has 0 aromatic carbocycles. The van der Waals surface area contributed by atoms with Crippen LogP contribution in [0, 0.1) is 11.3 Å². The number of amides is 2. The first kappa shape index (κ1) is 15.7. The fourth-order valence-corrected chi connectivity index (χ4v) is 2.43. The molecule has 2 amide bonds. The van der Waals surface area contributed by atoms with Crippen molar-refractivity contribution in [2.24, 2.45) is 11.3 Å². The van der Waals surface area contributed by atoms with Crippen LogP contribution in [0.25, 0.3) is 0 Å². The highest BCUT2D eigenvalue weighted by atomic mass is 16.3. The molecule has 1 N–H and O–H groups in total. The number of aliphatic hydroxyl groups excluding tert-OH is 1. The van der Waals surface area contributed by atoms with Crippen LogP contribution in [0.4, 0.5) is 0 Å². The van der Waals surface area contributed by atoms with Gasteiger partial charge in [-0.15, -0.1) is 0 Å². The number of nitrogens with zero attached hydrogens (tertiary/aromatic N) is 2. The van der Waals surface area contributed by atoms with Gasteiger partial charge in [-0.1, -0.05) is 20.4 Å². The average Bonchev–Trinajstić information content (AvgIpc) is 2.69. The molecule has 5 nitrogen and oxygen atoms in total. The first-order valence-corrected chi connectivity index (χ1v) is 6.65. The summed E-state index contributed by atoms with van der Waals surface area (Å²) in [4.78, 5) is 26.9. The Kier molecular flexibility index (Phi) is 5.11. The second-order valence-electron chi connectivity index (χ2n) is 5.70. The number of rotatable bonds is 5. The maximum Gasteiger partial charge on any atom is 0.246 e. The van der Waals surface area contributed by atoms with Crippen LogP contribution in [0.3, 0.4) is 0 Å². The van der Waals surface area contributed by atoms with Gasteiger partial charge in [0.15, 0.2) is 0 Å². The zero-order valence-corrected chi connectivity index (χ0v) is 12.1. The summed E-state index contributed by atoms with van der Waals surface area (Å²) in [5.41, 5.74) is -0.0795. The summed E-state index contributed by atoms with van der Waals surface area (Å²) in [6.45, 7) is 11.2. The minimum absolute atomic E-state index is 0.0684. The lowest BCUT2D eigenvalue weighted by atomic mass is 9.83. The Hall–Kier alpha value is -1.36. The molecule has 1 aliphatic rings. The standard InChI is InChI=1S/C14H24N2O3/c1-5-12(18)15(6-2)8-13(19)16-7-11(9-17)14(3,4)10-16/h5,11,17H,1,6-10H2,2-4H3. The molecule has 1 aliphatic heterocycles. The van der Waals surface area contributed by atoms with Gasteiger partial charge in [0.25, 0.3) is 0 Å². The second kappa shape index (κ2) is 6.19. The molecule has 108 valence electrons. The zero-order valence-electron chi connectivity index (χ0n) is 12.1. The third-order valence-electron chi connectivity index (χ3n) is 3.91. The van der Waals surface area contributed by atoms with Gasteiger partial charge in [-0.3, -0.25) is 9.59 Å². The van der Waals surface area contributed by atoms with Crippen molar-refractivity contribution in [1.82, 2.24) is 9.80 Å². The molecule has 19 heavy (non-hydrogen) atoms. The molecule has 0 radical (unpaired) electrons. The topological polar surface area (TPSA) is 60.9 Å². The SMILES string of the molecule is C=CC(=O)N(CC)CC(=O)N1CC(CO)C(C)(C)C1. The van der Waals surface area contributed by atoms with E-state index in [9.17, 15) is 14.7 Å². The normalized spacial score (nSPS) is 21.3. The Balaban J connectivity index is 2.65. The van der Waals surface area contributed by atoms with E-state index < -0.39 is 0 Å². The molecule has 1 heterocycles. The molecule has 1 rings (SSSR count). The second-order valence-corrected chi connectivity index (χ2v) is 5.70. The van der Waals surface area contributed by atoms with E-state index in [4.69, 9.17) is 0 Å². The fourth-order valence-electron chi connectivity index (χ4n) is 2.43. The third kappa shape index (κ3) is 3.56. The van der Waals surface area contributed by atoms with Gasteiger partial charge in [-0.05, 0) is 18.4 Å². The van der Waals surface area contributed by atoms with E-state index in [0.29, 0.717) is 19.6 Å². The van der Waals surface area contributed by atoms with E-state index in [-0.39, 0.29) is 36.3 Å². The van der Waals surface area contributed by atoms with Crippen LogP contribution in [0.5, 0.6) is 0 Å². The number of hydrogen-bond acceptors (Lipinski definition) is 3. The lowest BCUT2D eigenvalue weighted by Gasteiger charge is -2.24. The Morgan fingerprint density at radius 2 is 2.16 bits per heavy atom. The van der Waals surface area contributed by atoms with Gasteiger partial charge in [-0.25, -0.2) is 0 Å². The van der Waals surface area contributed by atoms with Crippen molar-refractivity contribution in [2.75, 3.05) is 32.8 Å². The maximum atomic E-state index is 12.2. The first-order chi connectivity index (χ1) is 8.85. The van der Waals surface area contributed by atoms with Crippen LogP contribution >= 0.6 is 0 Å². The number of likely N-dealkylation sites (tertiary alicyclic amines) is 1. The average molecular weight is 268 g/mol. The Morgan fingerprint density at radius 1 is 1.53 bits per heavy atom. The number of carbonyl (C=O) groups is 2. The highest BCUT2D eigenvalue weighted by Crippen LogP contribution is 2.34. The molecule has 5 heteroatoms. The summed E-state index contributed by atoms with van der Waals surface area (Å²) < 4.78 is 0. The molecule has 1 atom stereocenters. The van der Waals surface area contributed by atoms with Gasteiger partial charge in [0.05, 0.1) is 6.54 Å². The van der Waals surface area contributed by atoms with Crippen molar-refractivity contribution in [3.8, 4) is 0 Å². The zero-order chi connectivity index (χ0) is 14.6. The van der Waals surface area contributed by atoms with Gasteiger partial charge in [0.2, 0.25) is 11.8 Å². The highest BCUT2D eigenvalue weighted by molar-refractivity contribution is 5.91. The van der Waals surface area contributed by atoms with Crippen molar-refractivity contribution < 1.29 is 14.7 Å². The first-order valence-electron chi connectivity index (χ1n) is 6.65. The summed E-state index contributed by atoms with van der Waals surface area (Å²) in [6.07, 6.45) is 1.22. The van der Waals surface area contributed by atoms with E-state index in [1.165, 1.54) is 11.0 Å². The monoisotopic (exact) mass is 268 g/mol. The minimum atomic E-state index is -0.229. The lowest BCUT2D eigenvalue weighted by Crippen LogP contribution is -2.41. The molecule has 1 unspecified atom stereocenters. The van der Waals surface area contributed by atoms with Gasteiger partial charge < -0.3 is 14.9 Å². The summed E-state index contributed by atoms with van der Waals surface area (Å²) >= 11 is 0. The van der Waals surface area contributed by atoms with E-state index >= 15 is 0 Å². The number of aliphatic hydroxyl groups is 1. The van der Waals surface area contributed by atoms with E-state index in [2.05, 4.69) is 6.58 Å². The van der Waals surface area contributed by atoms with Crippen LogP contribution in [0.15, 0.2) is 12.7 Å². The predicted molar refractivity (Wildman–Crippen MR) is 73.4 cm³/mol. The van der Waals surface area contributed by atoms with Crippen molar-refractivity contribution in [3.05, 3.63) is 12.7 Å². The lowest BCUT2D eigenvalue weighted by molar-refractivity contribution is -0.137. The Morgan fingerprint density at radius 3 is 2.58 bits per heavy atom. The van der Waals surface area contributed by atoms with Crippen LogP contribution in [-0.4, -0.2) is 59.5 Å². The van der Waals surface area contributed by atoms with Gasteiger partial charge in [0, 0.05) is 32.2 Å². The quantitative estimate of drug-likeness (QED) is 0.739. The molecule has 0 bridgehead atoms. The van der Waals surface area contributed by atoms with Gasteiger partial charge >= 0.3 is 0 Å². The van der Waals surface area contributed by atoms with E-state index in [0.717, 1.165) is 0 Å². The molecule has 0 saturated carbocycles. The van der Waals surface area contributed by atoms with Crippen molar-refractivity contribution in [3.63, 3.8) is 0 Å². The van der Waals surface area contributed by atoms with Crippen LogP contribution < -0.4 is 0 Å². The molecular weight excluding hydrogens is 244 g/mol. The predicted octanol–water partition coefficient (Wildman–Crippen LogP) is 0.498. The van der Waals surface area contributed by atoms with Gasteiger partial charge in [0.1, 0.15) is 0 Å². The molecule has 0 aliphatic carbocycles. The summed E-state index contributed by atoms with van der Waals surface area (Å²) in [5, 5.41) is 9.34. The van der Waals surface area contributed by atoms with Crippen LogP contribution in [0.1, 0.15) is 20.8 Å². The van der Waals surface area contributed by atoms with Crippen LogP contribution in [-0.2, 0) is 9.59 Å². The van der Waals surface area contributed by atoms with E-state index in [1.807, 2.05) is 20.8 Å².